The van der Waals surface area contributed by atoms with Crippen molar-refractivity contribution in [1.29, 1.82) is 0 Å². The molecule has 3 N–H and O–H groups in total. The molecular formula is C48H72O14. The van der Waals surface area contributed by atoms with Crippen molar-refractivity contribution < 1.29 is 67.5 Å². The lowest BCUT2D eigenvalue weighted by molar-refractivity contribution is -0.318. The van der Waals surface area contributed by atoms with Crippen LogP contribution < -0.4 is 0 Å². The first-order valence-electron chi connectivity index (χ1n) is 22.9. The number of aliphatic hydroxyl groups is 3. The Bertz CT molecular complexity index is 1730. The second-order valence-corrected chi connectivity index (χ2v) is 19.0. The zero-order valence-electron chi connectivity index (χ0n) is 38.2. The SMILES string of the molecule is CC[C@H](C)[C@H]1O[C@]2(C=C[C@@H]1C)C[C@@H]1C[C@@H](C/C=C(\C)[C@@H](O[C@H]3C[C@H](OC)[C@@H](O[C@H]4C[C@H](OC)[C@@H](O)[C@H](C)O4)[C@H](C)O3)[C@@H](C)/C=C/C=C3CO[C@@H]4[C@H](O)C(C)=C[C@@H](C(=O)O1)[C@]34O)O2. The van der Waals surface area contributed by atoms with Gasteiger partial charge in [0, 0.05) is 51.7 Å². The molecule has 0 saturated carbocycles. The number of fused-ring (bicyclic) bond motifs is 2. The standard InChI is InChI=1S/C48H72O14/c1-11-25(2)43-28(5)17-18-47(62-43)23-34-20-33(61-47)16-15-27(4)42(26(3)13-12-14-32-24-55-45-40(49)29(6)19-35(46(51)58-34)48(32,45)52)59-39-22-37(54-10)44(31(8)57-39)60-38-21-36(53-9)41(50)30(7)56-38/h12-15,17-19,25-26,28,30-31,33-45,49-50,52H,11,16,20-24H2,1-10H3/b13-12+,27-15+,32-14?/t25-,26-,28-,30-,31-,33+,34-,35-,36-,37-,38-,39-,40+,41-,42-,43+,44-,45+,47+,48+/m0/s1. The first kappa shape index (κ1) is 47.6. The fourth-order valence-corrected chi connectivity index (χ4v) is 10.6. The molecule has 1 aliphatic carbocycles. The summed E-state index contributed by atoms with van der Waals surface area (Å²) < 4.78 is 63.7. The van der Waals surface area contributed by atoms with Crippen LogP contribution in [0.15, 0.2) is 59.3 Å². The van der Waals surface area contributed by atoms with Gasteiger partial charge in [-0.3, -0.25) is 4.79 Å². The molecule has 2 bridgehead atoms. The van der Waals surface area contributed by atoms with E-state index in [1.54, 1.807) is 40.2 Å². The maximum Gasteiger partial charge on any atom is 0.316 e. The lowest BCUT2D eigenvalue weighted by atomic mass is 9.71. The molecule has 0 amide bonds. The summed E-state index contributed by atoms with van der Waals surface area (Å²) in [5, 5.41) is 34.2. The van der Waals surface area contributed by atoms with E-state index in [9.17, 15) is 20.1 Å². The average molecular weight is 873 g/mol. The topological polar surface area (TPSA) is 170 Å². The number of esters is 1. The van der Waals surface area contributed by atoms with Gasteiger partial charge >= 0.3 is 5.97 Å². The number of methoxy groups -OCH3 is 2. The highest BCUT2D eigenvalue weighted by molar-refractivity contribution is 5.78. The molecule has 0 unspecified atom stereocenters. The number of hydrogen-bond donors (Lipinski definition) is 3. The maximum atomic E-state index is 14.3. The van der Waals surface area contributed by atoms with Crippen molar-refractivity contribution in [3.63, 3.8) is 0 Å². The van der Waals surface area contributed by atoms with Crippen molar-refractivity contribution in [1.82, 2.24) is 0 Å². The van der Waals surface area contributed by atoms with Gasteiger partial charge in [0.2, 0.25) is 0 Å². The molecule has 348 valence electrons. The van der Waals surface area contributed by atoms with E-state index in [1.165, 1.54) is 0 Å². The Hall–Kier alpha value is -2.31. The summed E-state index contributed by atoms with van der Waals surface area (Å²) in [5.41, 5.74) is 0.134. The second-order valence-electron chi connectivity index (χ2n) is 19.0. The Morgan fingerprint density at radius 1 is 0.887 bits per heavy atom. The Kier molecular flexibility index (Phi) is 15.1. The smallest absolute Gasteiger partial charge is 0.316 e. The molecule has 14 heteroatoms. The number of hydrogen-bond acceptors (Lipinski definition) is 14. The zero-order valence-corrected chi connectivity index (χ0v) is 38.2. The van der Waals surface area contributed by atoms with Gasteiger partial charge in [-0.25, -0.2) is 0 Å². The predicted octanol–water partition coefficient (Wildman–Crippen LogP) is 5.38. The highest BCUT2D eigenvalue weighted by Gasteiger charge is 2.60. The van der Waals surface area contributed by atoms with Crippen molar-refractivity contribution in [2.24, 2.45) is 23.7 Å². The minimum Gasteiger partial charge on any atom is -0.462 e. The summed E-state index contributed by atoms with van der Waals surface area (Å²) in [5.74, 6) is -2.56. The molecule has 20 atom stereocenters. The molecule has 1 spiro atoms. The lowest BCUT2D eigenvalue weighted by Crippen LogP contribution is -2.58. The monoisotopic (exact) mass is 872 g/mol. The normalized spacial score (nSPS) is 48.3. The molecule has 7 rings (SSSR count). The summed E-state index contributed by atoms with van der Waals surface area (Å²) >= 11 is 0. The molecule has 62 heavy (non-hydrogen) atoms. The van der Waals surface area contributed by atoms with E-state index >= 15 is 0 Å². The van der Waals surface area contributed by atoms with E-state index in [-0.39, 0.29) is 42.7 Å². The quantitative estimate of drug-likeness (QED) is 0.210. The van der Waals surface area contributed by atoms with Crippen LogP contribution in [0.1, 0.15) is 93.9 Å². The first-order chi connectivity index (χ1) is 29.5. The Morgan fingerprint density at radius 3 is 2.32 bits per heavy atom. The summed E-state index contributed by atoms with van der Waals surface area (Å²) in [6.07, 6.45) is 8.55. The number of ether oxygens (including phenoxy) is 10. The molecule has 0 aromatic rings. The molecule has 14 nitrogen and oxygen atoms in total. The van der Waals surface area contributed by atoms with Gasteiger partial charge in [0.1, 0.15) is 42.0 Å². The molecule has 4 saturated heterocycles. The summed E-state index contributed by atoms with van der Waals surface area (Å²) in [4.78, 5) is 14.3. The van der Waals surface area contributed by atoms with Crippen LogP contribution in [0.3, 0.4) is 0 Å². The fraction of sp³-hybridized carbons (Fsp3) is 0.771. The van der Waals surface area contributed by atoms with Crippen LogP contribution in [0.25, 0.3) is 0 Å². The van der Waals surface area contributed by atoms with Gasteiger partial charge in [-0.05, 0) is 62.8 Å². The first-order valence-corrected chi connectivity index (χ1v) is 22.9. The molecule has 0 aromatic carbocycles. The van der Waals surface area contributed by atoms with Crippen LogP contribution in [0.4, 0.5) is 0 Å². The van der Waals surface area contributed by atoms with Crippen molar-refractivity contribution >= 4 is 5.97 Å². The average Bonchev–Trinajstić information content (AvgIpc) is 3.58. The zero-order chi connectivity index (χ0) is 44.7. The third-order valence-corrected chi connectivity index (χ3v) is 14.5. The van der Waals surface area contributed by atoms with Gasteiger partial charge in [0.05, 0.1) is 49.3 Å². The summed E-state index contributed by atoms with van der Waals surface area (Å²) in [6.45, 7) is 16.1. The van der Waals surface area contributed by atoms with Gasteiger partial charge < -0.3 is 62.7 Å². The molecule has 7 aliphatic rings. The van der Waals surface area contributed by atoms with E-state index < -0.39 is 90.8 Å². The van der Waals surface area contributed by atoms with Crippen LogP contribution in [0.2, 0.25) is 0 Å². The van der Waals surface area contributed by atoms with Crippen molar-refractivity contribution in [3.05, 3.63) is 59.3 Å². The minimum atomic E-state index is -1.84. The largest absolute Gasteiger partial charge is 0.462 e. The Balaban J connectivity index is 1.18. The maximum absolute atomic E-state index is 14.3. The molecule has 6 aliphatic heterocycles. The number of aliphatic hydroxyl groups excluding tert-OH is 2. The van der Waals surface area contributed by atoms with Crippen LogP contribution in [0, 0.1) is 23.7 Å². The summed E-state index contributed by atoms with van der Waals surface area (Å²) in [7, 11) is 3.22. The van der Waals surface area contributed by atoms with E-state index in [2.05, 4.69) is 39.8 Å². The van der Waals surface area contributed by atoms with Crippen molar-refractivity contribution in [3.8, 4) is 0 Å². The Morgan fingerprint density at radius 2 is 1.60 bits per heavy atom. The number of carbonyl (C=O) groups excluding carboxylic acids is 1. The molecular weight excluding hydrogens is 801 g/mol. The van der Waals surface area contributed by atoms with E-state index in [0.29, 0.717) is 43.3 Å². The van der Waals surface area contributed by atoms with Gasteiger partial charge in [-0.15, -0.1) is 0 Å². The Labute approximate surface area is 367 Å². The van der Waals surface area contributed by atoms with Gasteiger partial charge in [0.15, 0.2) is 18.4 Å². The van der Waals surface area contributed by atoms with E-state index in [1.807, 2.05) is 32.1 Å². The molecule has 0 radical (unpaired) electrons. The van der Waals surface area contributed by atoms with Gasteiger partial charge in [-0.1, -0.05) is 70.6 Å². The summed E-state index contributed by atoms with van der Waals surface area (Å²) in [6, 6.07) is 0. The van der Waals surface area contributed by atoms with Crippen LogP contribution in [-0.4, -0.2) is 139 Å². The lowest BCUT2D eigenvalue weighted by Gasteiger charge is -2.48. The third kappa shape index (κ3) is 9.64. The predicted molar refractivity (Wildman–Crippen MR) is 227 cm³/mol. The molecule has 4 fully saturated rings. The van der Waals surface area contributed by atoms with Crippen LogP contribution >= 0.6 is 0 Å². The third-order valence-electron chi connectivity index (χ3n) is 14.5. The van der Waals surface area contributed by atoms with Crippen LogP contribution in [-0.2, 0) is 52.2 Å². The molecule has 6 heterocycles. The van der Waals surface area contributed by atoms with Crippen molar-refractivity contribution in [2.45, 2.75) is 191 Å². The highest BCUT2D eigenvalue weighted by atomic mass is 16.7. The van der Waals surface area contributed by atoms with Gasteiger partial charge in [0.25, 0.3) is 0 Å². The van der Waals surface area contributed by atoms with Gasteiger partial charge in [-0.2, -0.15) is 0 Å². The minimum absolute atomic E-state index is 0.0317. The molecule has 0 aromatic heterocycles. The number of allylic oxidation sites excluding steroid dienone is 2. The van der Waals surface area contributed by atoms with Crippen LogP contribution in [0.5, 0.6) is 0 Å². The van der Waals surface area contributed by atoms with Crippen molar-refractivity contribution in [2.75, 3.05) is 20.8 Å². The number of carbonyl (C=O) groups is 1. The fourth-order valence-electron chi connectivity index (χ4n) is 10.6. The highest BCUT2D eigenvalue weighted by Crippen LogP contribution is 2.47. The second kappa shape index (κ2) is 19.7. The number of rotatable bonds is 8. The van der Waals surface area contributed by atoms with E-state index in [4.69, 9.17) is 47.4 Å². The van der Waals surface area contributed by atoms with E-state index in [0.717, 1.165) is 12.0 Å².